The minimum atomic E-state index is -3.54. The molecule has 1 amide bonds. The molecule has 0 bridgehead atoms. The van der Waals surface area contributed by atoms with Crippen molar-refractivity contribution in [3.63, 3.8) is 0 Å². The predicted octanol–water partition coefficient (Wildman–Crippen LogP) is 1.65. The number of pyridine rings is 2. The molecule has 2 N–H and O–H groups in total. The number of aromatic amines is 1. The van der Waals surface area contributed by atoms with Gasteiger partial charge in [-0.25, -0.2) is 22.7 Å². The minimum Gasteiger partial charge on any atom is -0.390 e. The minimum absolute atomic E-state index is 0.0504. The summed E-state index contributed by atoms with van der Waals surface area (Å²) in [5, 5.41) is 9.39. The summed E-state index contributed by atoms with van der Waals surface area (Å²) < 4.78 is 31.8. The number of nitrogens with zero attached hydrogens (tertiary/aromatic N) is 4. The van der Waals surface area contributed by atoms with Crippen molar-refractivity contribution in [1.82, 2.24) is 19.3 Å². The van der Waals surface area contributed by atoms with Crippen LogP contribution in [0.5, 0.6) is 0 Å². The average molecular weight is 474 g/mol. The van der Waals surface area contributed by atoms with E-state index in [0.29, 0.717) is 47.0 Å². The number of rotatable bonds is 7. The Labute approximate surface area is 192 Å². The Hall–Kier alpha value is -2.86. The number of carbonyl (C=O) groups excluding carboxylic acids is 1. The zero-order valence-electron chi connectivity index (χ0n) is 18.8. The number of amides is 1. The van der Waals surface area contributed by atoms with Crippen molar-refractivity contribution in [3.8, 4) is 11.4 Å². The fraction of sp³-hybridized carbons (Fsp3) is 0.409. The normalized spacial score (nSPS) is 17.3. The zero-order chi connectivity index (χ0) is 23.8. The summed E-state index contributed by atoms with van der Waals surface area (Å²) in [5.41, 5.74) is 3.55. The molecule has 0 aliphatic carbocycles. The second kappa shape index (κ2) is 9.18. The molecule has 0 spiro atoms. The van der Waals surface area contributed by atoms with E-state index in [1.165, 1.54) is 18.4 Å². The second-order valence-electron chi connectivity index (χ2n) is 8.18. The Balaban J connectivity index is 1.84. The molecule has 0 radical (unpaired) electrons. The van der Waals surface area contributed by atoms with Gasteiger partial charge in [0, 0.05) is 19.8 Å². The Morgan fingerprint density at radius 3 is 2.70 bits per heavy atom. The van der Waals surface area contributed by atoms with Crippen molar-refractivity contribution >= 4 is 32.8 Å². The number of ether oxygens (including phenoxy) is 1. The lowest BCUT2D eigenvalue weighted by molar-refractivity contribution is -0.127. The third-order valence-corrected chi connectivity index (χ3v) is 7.44. The van der Waals surface area contributed by atoms with Crippen LogP contribution in [-0.4, -0.2) is 72.0 Å². The Kier molecular flexibility index (Phi) is 6.48. The number of hydrogen-bond acceptors (Lipinski definition) is 7. The summed E-state index contributed by atoms with van der Waals surface area (Å²) in [6, 6.07) is 8.49. The number of hydrogen-bond donors (Lipinski definition) is 2. The maximum Gasteiger partial charge on any atom is 0.254 e. The monoisotopic (exact) mass is 473 g/mol. The van der Waals surface area contributed by atoms with E-state index in [9.17, 15) is 18.3 Å². The van der Waals surface area contributed by atoms with Gasteiger partial charge >= 0.3 is 0 Å². The van der Waals surface area contributed by atoms with Gasteiger partial charge in [0.25, 0.3) is 5.91 Å². The van der Waals surface area contributed by atoms with Crippen molar-refractivity contribution in [2.45, 2.75) is 31.7 Å². The average Bonchev–Trinajstić information content (AvgIpc) is 3.20. The lowest BCUT2D eigenvalue weighted by Gasteiger charge is -2.34. The van der Waals surface area contributed by atoms with Crippen LogP contribution < -0.4 is 4.90 Å². The lowest BCUT2D eigenvalue weighted by atomic mass is 10.1. The van der Waals surface area contributed by atoms with Crippen LogP contribution in [0.3, 0.4) is 0 Å². The number of aliphatic hydroxyl groups is 1. The highest BCUT2D eigenvalue weighted by Gasteiger charge is 2.31. The molecular weight excluding hydrogens is 446 g/mol. The molecule has 1 unspecified atom stereocenters. The van der Waals surface area contributed by atoms with Crippen LogP contribution in [0.15, 0.2) is 30.3 Å². The number of carbonyl (C=O) groups is 1. The van der Waals surface area contributed by atoms with Crippen LogP contribution in [-0.2, 0) is 31.9 Å². The number of aromatic nitrogens is 3. The molecule has 176 valence electrons. The van der Waals surface area contributed by atoms with E-state index in [2.05, 4.69) is 9.97 Å². The highest BCUT2D eigenvalue weighted by molar-refractivity contribution is 7.88. The first-order chi connectivity index (χ1) is 15.7. The van der Waals surface area contributed by atoms with E-state index in [4.69, 9.17) is 9.72 Å². The number of H-pyrrole nitrogens is 1. The highest BCUT2D eigenvalue weighted by Crippen LogP contribution is 2.28. The SMILES string of the molecule is CCC1COCC(=O)N1c1cc(CS(=O)(=O)N(C)C)cc(-c2ccc3[nH]c(CO)cc3n2)n1. The third-order valence-electron chi connectivity index (χ3n) is 5.63. The van der Waals surface area contributed by atoms with E-state index >= 15 is 0 Å². The Morgan fingerprint density at radius 2 is 2.00 bits per heavy atom. The van der Waals surface area contributed by atoms with E-state index in [1.54, 1.807) is 29.2 Å². The van der Waals surface area contributed by atoms with Gasteiger partial charge in [-0.1, -0.05) is 6.92 Å². The van der Waals surface area contributed by atoms with Crippen LogP contribution in [0.25, 0.3) is 22.4 Å². The zero-order valence-corrected chi connectivity index (χ0v) is 19.6. The highest BCUT2D eigenvalue weighted by atomic mass is 32.2. The van der Waals surface area contributed by atoms with Crippen molar-refractivity contribution in [2.24, 2.45) is 0 Å². The topological polar surface area (TPSA) is 129 Å². The first-order valence-corrected chi connectivity index (χ1v) is 12.2. The number of anilines is 1. The summed E-state index contributed by atoms with van der Waals surface area (Å²) in [6.07, 6.45) is 0.667. The molecule has 4 rings (SSSR count). The molecule has 0 saturated carbocycles. The molecule has 1 atom stereocenters. The summed E-state index contributed by atoms with van der Waals surface area (Å²) in [6.45, 7) is 2.16. The standard InChI is InChI=1S/C22H27N5O5S/c1-4-16-11-32-12-22(29)27(16)21-8-14(13-33(30,31)26(2)3)7-19(25-21)18-6-5-17-20(24-18)9-15(10-28)23-17/h5-9,16,23,28H,4,10-13H2,1-3H3. The first kappa shape index (κ1) is 23.3. The predicted molar refractivity (Wildman–Crippen MR) is 124 cm³/mol. The van der Waals surface area contributed by atoms with Crippen molar-refractivity contribution in [1.29, 1.82) is 0 Å². The van der Waals surface area contributed by atoms with E-state index in [-0.39, 0.29) is 30.9 Å². The van der Waals surface area contributed by atoms with Gasteiger partial charge in [-0.05, 0) is 42.3 Å². The summed E-state index contributed by atoms with van der Waals surface area (Å²) in [4.78, 5) is 26.7. The van der Waals surface area contributed by atoms with Gasteiger partial charge in [-0.15, -0.1) is 0 Å². The summed E-state index contributed by atoms with van der Waals surface area (Å²) in [5.74, 6) is -0.0803. The van der Waals surface area contributed by atoms with E-state index in [0.717, 1.165) is 5.52 Å². The van der Waals surface area contributed by atoms with Gasteiger partial charge < -0.3 is 14.8 Å². The van der Waals surface area contributed by atoms with Gasteiger partial charge in [-0.2, -0.15) is 0 Å². The molecule has 10 nitrogen and oxygen atoms in total. The second-order valence-corrected chi connectivity index (χ2v) is 10.4. The first-order valence-electron chi connectivity index (χ1n) is 10.6. The number of aliphatic hydroxyl groups excluding tert-OH is 1. The Bertz CT molecular complexity index is 1290. The molecule has 1 saturated heterocycles. The number of fused-ring (bicyclic) bond motifs is 1. The fourth-order valence-corrected chi connectivity index (χ4v) is 4.63. The van der Waals surface area contributed by atoms with Crippen molar-refractivity contribution in [3.05, 3.63) is 41.6 Å². The molecule has 1 aliphatic rings. The summed E-state index contributed by atoms with van der Waals surface area (Å²) in [7, 11) is -0.574. The molecule has 11 heteroatoms. The Morgan fingerprint density at radius 1 is 1.21 bits per heavy atom. The maximum atomic E-state index is 12.7. The molecule has 0 aromatic carbocycles. The van der Waals surface area contributed by atoms with Crippen LogP contribution in [0.4, 0.5) is 5.82 Å². The molecule has 3 aromatic rings. The molecule has 33 heavy (non-hydrogen) atoms. The maximum absolute atomic E-state index is 12.7. The van der Waals surface area contributed by atoms with Gasteiger partial charge in [0.05, 0.1) is 47.4 Å². The quantitative estimate of drug-likeness (QED) is 0.534. The largest absolute Gasteiger partial charge is 0.390 e. The van der Waals surface area contributed by atoms with E-state index in [1.807, 2.05) is 13.0 Å². The number of sulfonamides is 1. The number of morpholine rings is 1. The molecule has 3 aromatic heterocycles. The molecule has 1 aliphatic heterocycles. The van der Waals surface area contributed by atoms with Crippen LogP contribution in [0, 0.1) is 0 Å². The van der Waals surface area contributed by atoms with Crippen LogP contribution in [0.1, 0.15) is 24.6 Å². The van der Waals surface area contributed by atoms with Crippen LogP contribution >= 0.6 is 0 Å². The molecule has 4 heterocycles. The third kappa shape index (κ3) is 4.76. The van der Waals surface area contributed by atoms with Crippen molar-refractivity contribution in [2.75, 3.05) is 32.2 Å². The van der Waals surface area contributed by atoms with Gasteiger partial charge in [0.1, 0.15) is 12.4 Å². The van der Waals surface area contributed by atoms with Gasteiger partial charge in [-0.3, -0.25) is 9.69 Å². The van der Waals surface area contributed by atoms with Crippen molar-refractivity contribution < 1.29 is 23.1 Å². The van der Waals surface area contributed by atoms with Gasteiger partial charge in [0.2, 0.25) is 10.0 Å². The smallest absolute Gasteiger partial charge is 0.254 e. The summed E-state index contributed by atoms with van der Waals surface area (Å²) >= 11 is 0. The lowest BCUT2D eigenvalue weighted by Crippen LogP contribution is -2.49. The fourth-order valence-electron chi connectivity index (χ4n) is 3.79. The van der Waals surface area contributed by atoms with Crippen LogP contribution in [0.2, 0.25) is 0 Å². The number of nitrogens with one attached hydrogen (secondary N) is 1. The van der Waals surface area contributed by atoms with E-state index < -0.39 is 10.0 Å². The van der Waals surface area contributed by atoms with Gasteiger partial charge in [0.15, 0.2) is 0 Å². The molecule has 1 fully saturated rings. The molecular formula is C22H27N5O5S.